The van der Waals surface area contributed by atoms with Crippen molar-refractivity contribution in [1.82, 2.24) is 15.6 Å². The summed E-state index contributed by atoms with van der Waals surface area (Å²) < 4.78 is 0. The first kappa shape index (κ1) is 15.4. The molecule has 0 bridgehead atoms. The summed E-state index contributed by atoms with van der Waals surface area (Å²) in [7, 11) is 0. The number of carboxylic acids is 1. The first-order valence-electron chi connectivity index (χ1n) is 6.24. The Balaban J connectivity index is 2.29. The second-order valence-electron chi connectivity index (χ2n) is 4.08. The van der Waals surface area contributed by atoms with Gasteiger partial charge in [0.15, 0.2) is 0 Å². The average molecular weight is 285 g/mol. The molecule has 0 fully saturated rings. The van der Waals surface area contributed by atoms with E-state index in [0.29, 0.717) is 13.0 Å². The number of thiazole rings is 1. The Morgan fingerprint density at radius 3 is 2.68 bits per heavy atom. The van der Waals surface area contributed by atoms with Gasteiger partial charge in [0.05, 0.1) is 12.5 Å². The summed E-state index contributed by atoms with van der Waals surface area (Å²) in [4.78, 5) is 27.6. The lowest BCUT2D eigenvalue weighted by Crippen LogP contribution is -2.39. The van der Waals surface area contributed by atoms with E-state index in [0.717, 1.165) is 11.4 Å². The number of aryl methyl sites for hydroxylation is 1. The van der Waals surface area contributed by atoms with Crippen LogP contribution in [0.1, 0.15) is 30.2 Å². The molecule has 0 saturated carbocycles. The van der Waals surface area contributed by atoms with Gasteiger partial charge in [0, 0.05) is 17.6 Å². The quantitative estimate of drug-likeness (QED) is 0.710. The summed E-state index contributed by atoms with van der Waals surface area (Å²) in [6, 6.07) is -0.368. The third-order valence-electron chi connectivity index (χ3n) is 2.70. The largest absolute Gasteiger partial charge is 0.481 e. The minimum absolute atomic E-state index is 0.135. The van der Waals surface area contributed by atoms with Crippen LogP contribution in [0.4, 0.5) is 4.79 Å². The molecule has 0 aliphatic carbocycles. The minimum atomic E-state index is -0.893. The minimum Gasteiger partial charge on any atom is -0.481 e. The van der Waals surface area contributed by atoms with Crippen molar-refractivity contribution in [1.29, 1.82) is 0 Å². The second kappa shape index (κ2) is 7.73. The predicted octanol–water partition coefficient (Wildman–Crippen LogP) is 1.62. The lowest BCUT2D eigenvalue weighted by molar-refractivity contribution is -0.141. The molecule has 106 valence electrons. The van der Waals surface area contributed by atoms with Gasteiger partial charge in [-0.3, -0.25) is 4.79 Å². The van der Waals surface area contributed by atoms with Gasteiger partial charge in [-0.25, -0.2) is 9.78 Å². The van der Waals surface area contributed by atoms with Gasteiger partial charge in [0.2, 0.25) is 0 Å². The first-order valence-corrected chi connectivity index (χ1v) is 7.06. The van der Waals surface area contributed by atoms with Crippen LogP contribution in [0.2, 0.25) is 0 Å². The van der Waals surface area contributed by atoms with E-state index in [4.69, 9.17) is 5.11 Å². The first-order chi connectivity index (χ1) is 9.06. The van der Waals surface area contributed by atoms with Gasteiger partial charge >= 0.3 is 12.0 Å². The van der Waals surface area contributed by atoms with Crippen LogP contribution in [0.25, 0.3) is 0 Å². The summed E-state index contributed by atoms with van der Waals surface area (Å²) in [5.41, 5.74) is 0. The highest BCUT2D eigenvalue weighted by molar-refractivity contribution is 7.11. The molecule has 0 radical (unpaired) electrons. The van der Waals surface area contributed by atoms with Crippen LogP contribution < -0.4 is 10.6 Å². The van der Waals surface area contributed by atoms with Gasteiger partial charge in [0.25, 0.3) is 0 Å². The van der Waals surface area contributed by atoms with Crippen LogP contribution in [0, 0.1) is 5.92 Å². The van der Waals surface area contributed by atoms with Gasteiger partial charge in [-0.2, -0.15) is 0 Å². The summed E-state index contributed by atoms with van der Waals surface area (Å²) in [6.45, 7) is 4.32. The fourth-order valence-electron chi connectivity index (χ4n) is 1.43. The summed E-state index contributed by atoms with van der Waals surface area (Å²) in [5.74, 6) is -1.44. The van der Waals surface area contributed by atoms with E-state index >= 15 is 0 Å². The van der Waals surface area contributed by atoms with Crippen molar-refractivity contribution in [2.24, 2.45) is 5.92 Å². The fourth-order valence-corrected chi connectivity index (χ4v) is 2.24. The van der Waals surface area contributed by atoms with Gasteiger partial charge in [-0.1, -0.05) is 13.8 Å². The average Bonchev–Trinajstić information content (AvgIpc) is 2.84. The molecule has 6 nitrogen and oxygen atoms in total. The molecule has 1 aromatic heterocycles. The highest BCUT2D eigenvalue weighted by Crippen LogP contribution is 2.12. The SMILES string of the molecule is CCc1cnc(CNC(=O)NCC(CC)C(=O)O)s1. The molecular formula is C12H19N3O3S. The zero-order valence-corrected chi connectivity index (χ0v) is 11.9. The van der Waals surface area contributed by atoms with Crippen LogP contribution in [0.15, 0.2) is 6.20 Å². The Kier molecular flexibility index (Phi) is 6.27. The maximum absolute atomic E-state index is 11.5. The number of urea groups is 1. The van der Waals surface area contributed by atoms with Crippen molar-refractivity contribution in [2.75, 3.05) is 6.54 Å². The van der Waals surface area contributed by atoms with Gasteiger partial charge < -0.3 is 15.7 Å². The maximum Gasteiger partial charge on any atom is 0.315 e. The normalized spacial score (nSPS) is 11.9. The molecule has 3 N–H and O–H groups in total. The molecule has 0 aromatic carbocycles. The Morgan fingerprint density at radius 1 is 1.42 bits per heavy atom. The number of hydrogen-bond acceptors (Lipinski definition) is 4. The smallest absolute Gasteiger partial charge is 0.315 e. The molecule has 19 heavy (non-hydrogen) atoms. The van der Waals surface area contributed by atoms with E-state index in [1.807, 2.05) is 6.92 Å². The molecule has 1 heterocycles. The molecule has 1 rings (SSSR count). The van der Waals surface area contributed by atoms with Gasteiger partial charge in [-0.15, -0.1) is 11.3 Å². The second-order valence-corrected chi connectivity index (χ2v) is 5.28. The molecule has 2 amide bonds. The molecule has 0 spiro atoms. The monoisotopic (exact) mass is 285 g/mol. The number of carbonyl (C=O) groups is 2. The van der Waals surface area contributed by atoms with Crippen LogP contribution in [0.5, 0.6) is 0 Å². The number of rotatable bonds is 7. The van der Waals surface area contributed by atoms with E-state index in [-0.39, 0.29) is 12.6 Å². The van der Waals surface area contributed by atoms with Crippen molar-refractivity contribution in [3.8, 4) is 0 Å². The summed E-state index contributed by atoms with van der Waals surface area (Å²) in [5, 5.41) is 14.9. The number of hydrogen-bond donors (Lipinski definition) is 3. The van der Waals surface area contributed by atoms with Crippen LogP contribution in [-0.2, 0) is 17.8 Å². The number of carbonyl (C=O) groups excluding carboxylic acids is 1. The van der Waals surface area contributed by atoms with E-state index < -0.39 is 11.9 Å². The third kappa shape index (κ3) is 5.25. The summed E-state index contributed by atoms with van der Waals surface area (Å²) >= 11 is 1.56. The Morgan fingerprint density at radius 2 is 2.16 bits per heavy atom. The molecule has 1 unspecified atom stereocenters. The number of nitrogens with zero attached hydrogens (tertiary/aromatic N) is 1. The topological polar surface area (TPSA) is 91.3 Å². The molecule has 0 saturated heterocycles. The molecule has 0 aliphatic heterocycles. The van der Waals surface area contributed by atoms with E-state index in [9.17, 15) is 9.59 Å². The van der Waals surface area contributed by atoms with Crippen molar-refractivity contribution in [2.45, 2.75) is 33.2 Å². The van der Waals surface area contributed by atoms with Crippen LogP contribution in [0.3, 0.4) is 0 Å². The van der Waals surface area contributed by atoms with Crippen molar-refractivity contribution >= 4 is 23.3 Å². The Labute approximate surface area is 116 Å². The lowest BCUT2D eigenvalue weighted by atomic mass is 10.1. The zero-order valence-electron chi connectivity index (χ0n) is 11.1. The zero-order chi connectivity index (χ0) is 14.3. The lowest BCUT2D eigenvalue weighted by Gasteiger charge is -2.11. The molecular weight excluding hydrogens is 266 g/mol. The predicted molar refractivity (Wildman–Crippen MR) is 73.1 cm³/mol. The number of amides is 2. The Bertz CT molecular complexity index is 434. The number of aliphatic carboxylic acids is 1. The molecule has 7 heteroatoms. The van der Waals surface area contributed by atoms with E-state index in [1.165, 1.54) is 4.88 Å². The van der Waals surface area contributed by atoms with Crippen LogP contribution >= 0.6 is 11.3 Å². The number of carboxylic acid groups (broad SMARTS) is 1. The Hall–Kier alpha value is -1.63. The van der Waals surface area contributed by atoms with Crippen molar-refractivity contribution in [3.05, 3.63) is 16.1 Å². The number of aromatic nitrogens is 1. The summed E-state index contributed by atoms with van der Waals surface area (Å²) in [6.07, 6.45) is 3.22. The molecule has 1 aromatic rings. The molecule has 0 aliphatic rings. The van der Waals surface area contributed by atoms with Crippen LogP contribution in [-0.4, -0.2) is 28.6 Å². The van der Waals surface area contributed by atoms with Gasteiger partial charge in [-0.05, 0) is 12.8 Å². The van der Waals surface area contributed by atoms with E-state index in [2.05, 4.69) is 15.6 Å². The van der Waals surface area contributed by atoms with Crippen molar-refractivity contribution < 1.29 is 14.7 Å². The highest BCUT2D eigenvalue weighted by atomic mass is 32.1. The third-order valence-corrected chi connectivity index (χ3v) is 3.84. The standard InChI is InChI=1S/C12H19N3O3S/c1-3-8(11(16)17)5-14-12(18)15-7-10-13-6-9(4-2)19-10/h6,8H,3-5,7H2,1-2H3,(H,16,17)(H2,14,15,18). The maximum atomic E-state index is 11.5. The number of nitrogens with one attached hydrogen (secondary N) is 2. The fraction of sp³-hybridized carbons (Fsp3) is 0.583. The highest BCUT2D eigenvalue weighted by Gasteiger charge is 2.15. The van der Waals surface area contributed by atoms with Gasteiger partial charge in [0.1, 0.15) is 5.01 Å². The van der Waals surface area contributed by atoms with Crippen molar-refractivity contribution in [3.63, 3.8) is 0 Å². The molecule has 1 atom stereocenters. The van der Waals surface area contributed by atoms with E-state index in [1.54, 1.807) is 24.5 Å².